The molecule has 0 amide bonds. The highest BCUT2D eigenvalue weighted by molar-refractivity contribution is 7.99. The number of hydrogen-bond acceptors (Lipinski definition) is 4. The lowest BCUT2D eigenvalue weighted by Gasteiger charge is -2.08. The quantitative estimate of drug-likeness (QED) is 0.730. The summed E-state index contributed by atoms with van der Waals surface area (Å²) >= 11 is 1.81. The fraction of sp³-hybridized carbons (Fsp3) is 0.462. The van der Waals surface area contributed by atoms with Gasteiger partial charge >= 0.3 is 0 Å². The first-order chi connectivity index (χ1) is 8.27. The third-order valence-electron chi connectivity index (χ3n) is 2.30. The Labute approximate surface area is 107 Å². The van der Waals surface area contributed by atoms with Crippen molar-refractivity contribution in [1.29, 1.82) is 5.26 Å². The molecule has 2 N–H and O–H groups in total. The Kier molecular flexibility index (Phi) is 6.53. The van der Waals surface area contributed by atoms with Crippen molar-refractivity contribution in [3.05, 3.63) is 29.3 Å². The van der Waals surface area contributed by atoms with E-state index in [0.29, 0.717) is 5.56 Å². The summed E-state index contributed by atoms with van der Waals surface area (Å²) in [5.74, 6) is 1.97. The van der Waals surface area contributed by atoms with Gasteiger partial charge < -0.3 is 10.4 Å². The highest BCUT2D eigenvalue weighted by Gasteiger charge is 2.00. The van der Waals surface area contributed by atoms with Crippen LogP contribution in [-0.4, -0.2) is 29.8 Å². The summed E-state index contributed by atoms with van der Waals surface area (Å²) in [6, 6.07) is 8.04. The Morgan fingerprint density at radius 2 is 2.24 bits per heavy atom. The van der Waals surface area contributed by atoms with Crippen molar-refractivity contribution < 1.29 is 5.11 Å². The first-order valence-corrected chi connectivity index (χ1v) is 6.86. The van der Waals surface area contributed by atoms with Gasteiger partial charge in [0.2, 0.25) is 0 Å². The zero-order chi connectivity index (χ0) is 12.5. The van der Waals surface area contributed by atoms with Gasteiger partial charge in [0.1, 0.15) is 6.07 Å². The van der Waals surface area contributed by atoms with E-state index in [0.717, 1.165) is 35.7 Å². The minimum Gasteiger partial charge on any atom is -0.396 e. The van der Waals surface area contributed by atoms with Gasteiger partial charge in [-0.1, -0.05) is 6.07 Å². The van der Waals surface area contributed by atoms with E-state index in [2.05, 4.69) is 11.4 Å². The van der Waals surface area contributed by atoms with Gasteiger partial charge in [-0.2, -0.15) is 17.0 Å². The zero-order valence-electron chi connectivity index (χ0n) is 10.1. The first kappa shape index (κ1) is 13.9. The number of nitrogens with zero attached hydrogens (tertiary/aromatic N) is 1. The van der Waals surface area contributed by atoms with Gasteiger partial charge in [0.25, 0.3) is 0 Å². The average Bonchev–Trinajstić information content (AvgIpc) is 2.35. The second-order valence-electron chi connectivity index (χ2n) is 3.78. The molecule has 0 aromatic heterocycles. The van der Waals surface area contributed by atoms with E-state index in [-0.39, 0.29) is 6.61 Å². The van der Waals surface area contributed by atoms with Gasteiger partial charge in [0, 0.05) is 18.9 Å². The Balaban J connectivity index is 2.34. The molecule has 0 aliphatic heterocycles. The molecule has 0 aliphatic rings. The third-order valence-corrected chi connectivity index (χ3v) is 3.37. The maximum Gasteiger partial charge on any atom is 0.101 e. The van der Waals surface area contributed by atoms with E-state index in [1.165, 1.54) is 0 Å². The normalized spacial score (nSPS) is 9.94. The summed E-state index contributed by atoms with van der Waals surface area (Å²) in [5, 5.41) is 20.9. The topological polar surface area (TPSA) is 56.0 Å². The highest BCUT2D eigenvalue weighted by Crippen LogP contribution is 2.16. The minimum atomic E-state index is 0.261. The number of aliphatic hydroxyl groups is 1. The molecule has 0 heterocycles. The standard InChI is InChI=1S/C13H18N2OS/c1-11-3-4-13(12(9-11)10-14)15-5-8-17-7-2-6-16/h3-4,9,15-16H,2,5-8H2,1H3. The fourth-order valence-corrected chi connectivity index (χ4v) is 2.22. The smallest absolute Gasteiger partial charge is 0.101 e. The summed E-state index contributed by atoms with van der Waals surface area (Å²) in [7, 11) is 0. The lowest BCUT2D eigenvalue weighted by Crippen LogP contribution is -2.06. The molecule has 92 valence electrons. The lowest BCUT2D eigenvalue weighted by molar-refractivity contribution is 0.296. The molecule has 0 atom stereocenters. The molecule has 0 spiro atoms. The lowest BCUT2D eigenvalue weighted by atomic mass is 10.1. The van der Waals surface area contributed by atoms with Gasteiger partial charge in [0.05, 0.1) is 11.3 Å². The van der Waals surface area contributed by atoms with Crippen LogP contribution in [0.4, 0.5) is 5.69 Å². The third kappa shape index (κ3) is 5.12. The fourth-order valence-electron chi connectivity index (χ4n) is 1.43. The largest absolute Gasteiger partial charge is 0.396 e. The van der Waals surface area contributed by atoms with Crippen LogP contribution in [0.3, 0.4) is 0 Å². The van der Waals surface area contributed by atoms with Gasteiger partial charge in [-0.3, -0.25) is 0 Å². The van der Waals surface area contributed by atoms with Crippen LogP contribution in [0.5, 0.6) is 0 Å². The molecule has 0 radical (unpaired) electrons. The molecular formula is C13H18N2OS. The van der Waals surface area contributed by atoms with Crippen LogP contribution >= 0.6 is 11.8 Å². The van der Waals surface area contributed by atoms with Crippen molar-refractivity contribution in [3.8, 4) is 6.07 Å². The average molecular weight is 250 g/mol. The summed E-state index contributed by atoms with van der Waals surface area (Å²) in [4.78, 5) is 0. The Hall–Kier alpha value is -1.18. The molecule has 1 rings (SSSR count). The predicted octanol–water partition coefficient (Wildman–Crippen LogP) is 2.39. The molecule has 0 saturated heterocycles. The molecule has 3 nitrogen and oxygen atoms in total. The molecular weight excluding hydrogens is 232 g/mol. The first-order valence-electron chi connectivity index (χ1n) is 5.71. The van der Waals surface area contributed by atoms with Crippen LogP contribution in [0.25, 0.3) is 0 Å². The van der Waals surface area contributed by atoms with E-state index in [1.54, 1.807) is 0 Å². The van der Waals surface area contributed by atoms with Gasteiger partial charge in [-0.15, -0.1) is 0 Å². The molecule has 0 fully saturated rings. The summed E-state index contributed by atoms with van der Waals surface area (Å²) in [6.07, 6.45) is 0.846. The van der Waals surface area contributed by atoms with Crippen LogP contribution in [-0.2, 0) is 0 Å². The Morgan fingerprint density at radius 1 is 1.41 bits per heavy atom. The number of benzene rings is 1. The second-order valence-corrected chi connectivity index (χ2v) is 5.00. The van der Waals surface area contributed by atoms with Crippen LogP contribution in [0.2, 0.25) is 0 Å². The molecule has 4 heteroatoms. The molecule has 17 heavy (non-hydrogen) atoms. The zero-order valence-corrected chi connectivity index (χ0v) is 10.9. The van der Waals surface area contributed by atoms with Crippen molar-refractivity contribution in [2.24, 2.45) is 0 Å². The predicted molar refractivity (Wildman–Crippen MR) is 73.4 cm³/mol. The number of anilines is 1. The minimum absolute atomic E-state index is 0.261. The van der Waals surface area contributed by atoms with Crippen molar-refractivity contribution in [1.82, 2.24) is 0 Å². The number of nitriles is 1. The molecule has 0 unspecified atom stereocenters. The van der Waals surface area contributed by atoms with Gasteiger partial charge in [0.15, 0.2) is 0 Å². The number of thioether (sulfide) groups is 1. The summed E-state index contributed by atoms with van der Waals surface area (Å²) < 4.78 is 0. The second kappa shape index (κ2) is 7.99. The van der Waals surface area contributed by atoms with Gasteiger partial charge in [-0.25, -0.2) is 0 Å². The van der Waals surface area contributed by atoms with E-state index in [4.69, 9.17) is 10.4 Å². The van der Waals surface area contributed by atoms with E-state index < -0.39 is 0 Å². The van der Waals surface area contributed by atoms with Gasteiger partial charge in [-0.05, 0) is 36.8 Å². The van der Waals surface area contributed by atoms with E-state index in [1.807, 2.05) is 36.9 Å². The maximum absolute atomic E-state index is 8.99. The van der Waals surface area contributed by atoms with Crippen molar-refractivity contribution >= 4 is 17.4 Å². The van der Waals surface area contributed by atoms with E-state index in [9.17, 15) is 0 Å². The van der Waals surface area contributed by atoms with Crippen molar-refractivity contribution in [3.63, 3.8) is 0 Å². The molecule has 0 saturated carbocycles. The Bertz CT molecular complexity index is 387. The van der Waals surface area contributed by atoms with Crippen LogP contribution in [0, 0.1) is 18.3 Å². The molecule has 0 bridgehead atoms. The molecule has 0 aliphatic carbocycles. The number of aryl methyl sites for hydroxylation is 1. The van der Waals surface area contributed by atoms with Crippen molar-refractivity contribution in [2.45, 2.75) is 13.3 Å². The highest BCUT2D eigenvalue weighted by atomic mass is 32.2. The SMILES string of the molecule is Cc1ccc(NCCSCCCO)c(C#N)c1. The van der Waals surface area contributed by atoms with Crippen molar-refractivity contribution in [2.75, 3.05) is 30.0 Å². The van der Waals surface area contributed by atoms with Crippen LogP contribution in [0.1, 0.15) is 17.5 Å². The number of hydrogen-bond donors (Lipinski definition) is 2. The van der Waals surface area contributed by atoms with Crippen LogP contribution in [0.15, 0.2) is 18.2 Å². The monoisotopic (exact) mass is 250 g/mol. The number of nitrogens with one attached hydrogen (secondary N) is 1. The number of rotatable bonds is 7. The maximum atomic E-state index is 8.99. The molecule has 1 aromatic rings. The summed E-state index contributed by atoms with van der Waals surface area (Å²) in [6.45, 7) is 3.08. The van der Waals surface area contributed by atoms with E-state index >= 15 is 0 Å². The summed E-state index contributed by atoms with van der Waals surface area (Å²) in [5.41, 5.74) is 2.70. The van der Waals surface area contributed by atoms with Crippen LogP contribution < -0.4 is 5.32 Å². The molecule has 1 aromatic carbocycles. The Morgan fingerprint density at radius 3 is 2.94 bits per heavy atom. The number of aliphatic hydroxyl groups excluding tert-OH is 1.